The average Bonchev–Trinajstić information content (AvgIpc) is 2.65. The molecule has 0 saturated heterocycles. The van der Waals surface area contributed by atoms with Crippen molar-refractivity contribution in [1.29, 1.82) is 0 Å². The van der Waals surface area contributed by atoms with E-state index >= 15 is 0 Å². The number of rotatable bonds is 2. The van der Waals surface area contributed by atoms with Crippen LogP contribution in [0.2, 0.25) is 0 Å². The van der Waals surface area contributed by atoms with E-state index in [2.05, 4.69) is 6.08 Å². The van der Waals surface area contributed by atoms with Crippen LogP contribution in [0.4, 0.5) is 0 Å². The van der Waals surface area contributed by atoms with E-state index in [0.29, 0.717) is 5.78 Å². The summed E-state index contributed by atoms with van der Waals surface area (Å²) < 4.78 is 0. The average molecular weight is 191 g/mol. The van der Waals surface area contributed by atoms with Crippen molar-refractivity contribution in [3.05, 3.63) is 23.8 Å². The van der Waals surface area contributed by atoms with Crippen LogP contribution in [0, 0.1) is 5.92 Å². The van der Waals surface area contributed by atoms with Gasteiger partial charge in [0.05, 0.1) is 0 Å². The van der Waals surface area contributed by atoms with Gasteiger partial charge in [-0.25, -0.2) is 0 Å². The molecule has 0 radical (unpaired) electrons. The predicted octanol–water partition coefficient (Wildman–Crippen LogP) is 1.96. The maximum atomic E-state index is 12.0. The highest BCUT2D eigenvalue weighted by Crippen LogP contribution is 2.26. The van der Waals surface area contributed by atoms with E-state index in [1.807, 2.05) is 12.2 Å². The SMILES string of the molecule is NC1C=CC(C(=O)C2=CCCCC2)C1. The Kier molecular flexibility index (Phi) is 2.82. The first-order chi connectivity index (χ1) is 6.77. The summed E-state index contributed by atoms with van der Waals surface area (Å²) in [6.45, 7) is 0. The Balaban J connectivity index is 2.01. The smallest absolute Gasteiger partial charge is 0.165 e. The zero-order chi connectivity index (χ0) is 9.97. The van der Waals surface area contributed by atoms with Gasteiger partial charge in [-0.3, -0.25) is 4.79 Å². The molecule has 0 heterocycles. The lowest BCUT2D eigenvalue weighted by molar-refractivity contribution is -0.118. The molecule has 2 aliphatic carbocycles. The van der Waals surface area contributed by atoms with Crippen LogP contribution in [0.3, 0.4) is 0 Å². The number of ketones is 1. The van der Waals surface area contributed by atoms with Crippen LogP contribution < -0.4 is 5.73 Å². The van der Waals surface area contributed by atoms with Gasteiger partial charge in [-0.1, -0.05) is 18.2 Å². The van der Waals surface area contributed by atoms with Gasteiger partial charge in [-0.15, -0.1) is 0 Å². The number of allylic oxidation sites excluding steroid dienone is 3. The molecule has 2 aliphatic rings. The second kappa shape index (κ2) is 4.09. The lowest BCUT2D eigenvalue weighted by atomic mass is 9.89. The Morgan fingerprint density at radius 2 is 2.21 bits per heavy atom. The largest absolute Gasteiger partial charge is 0.324 e. The third-order valence-corrected chi connectivity index (χ3v) is 3.06. The van der Waals surface area contributed by atoms with Crippen molar-refractivity contribution in [2.75, 3.05) is 0 Å². The Hall–Kier alpha value is -0.890. The molecule has 14 heavy (non-hydrogen) atoms. The number of carbonyl (C=O) groups excluding carboxylic acids is 1. The van der Waals surface area contributed by atoms with Crippen molar-refractivity contribution in [3.63, 3.8) is 0 Å². The quantitative estimate of drug-likeness (QED) is 0.678. The first-order valence-electron chi connectivity index (χ1n) is 5.44. The van der Waals surface area contributed by atoms with Gasteiger partial charge < -0.3 is 5.73 Å². The molecule has 76 valence electrons. The Labute approximate surface area is 84.9 Å². The fourth-order valence-corrected chi connectivity index (χ4v) is 2.22. The van der Waals surface area contributed by atoms with Gasteiger partial charge in [0.2, 0.25) is 0 Å². The van der Waals surface area contributed by atoms with Gasteiger partial charge in [-0.2, -0.15) is 0 Å². The molecule has 2 atom stereocenters. The van der Waals surface area contributed by atoms with Gasteiger partial charge in [-0.05, 0) is 37.7 Å². The predicted molar refractivity (Wildman–Crippen MR) is 56.8 cm³/mol. The van der Waals surface area contributed by atoms with Crippen LogP contribution in [0.5, 0.6) is 0 Å². The minimum atomic E-state index is 0.0642. The standard InChI is InChI=1S/C12H17NO/c13-11-7-6-10(8-11)12(14)9-4-2-1-3-5-9/h4,6-7,10-11H,1-3,5,8,13H2. The summed E-state index contributed by atoms with van der Waals surface area (Å²) in [7, 11) is 0. The molecule has 2 N–H and O–H groups in total. The summed E-state index contributed by atoms with van der Waals surface area (Å²) in [6.07, 6.45) is 11.3. The highest BCUT2D eigenvalue weighted by atomic mass is 16.1. The van der Waals surface area contributed by atoms with E-state index in [1.165, 1.54) is 12.8 Å². The molecular formula is C12H17NO. The zero-order valence-electron chi connectivity index (χ0n) is 8.41. The minimum Gasteiger partial charge on any atom is -0.324 e. The lowest BCUT2D eigenvalue weighted by Gasteiger charge is -2.14. The Morgan fingerprint density at radius 1 is 1.36 bits per heavy atom. The van der Waals surface area contributed by atoms with Gasteiger partial charge in [0.25, 0.3) is 0 Å². The fraction of sp³-hybridized carbons (Fsp3) is 0.583. The van der Waals surface area contributed by atoms with Crippen molar-refractivity contribution >= 4 is 5.78 Å². The Bertz CT molecular complexity index is 291. The summed E-state index contributed by atoms with van der Waals surface area (Å²) in [5.41, 5.74) is 6.78. The van der Waals surface area contributed by atoms with Crippen LogP contribution in [-0.2, 0) is 4.79 Å². The fourth-order valence-electron chi connectivity index (χ4n) is 2.22. The van der Waals surface area contributed by atoms with Crippen molar-refractivity contribution in [2.24, 2.45) is 11.7 Å². The first kappa shape index (κ1) is 9.66. The van der Waals surface area contributed by atoms with E-state index in [-0.39, 0.29) is 12.0 Å². The summed E-state index contributed by atoms with van der Waals surface area (Å²) >= 11 is 0. The van der Waals surface area contributed by atoms with E-state index in [4.69, 9.17) is 5.73 Å². The second-order valence-corrected chi connectivity index (χ2v) is 4.23. The maximum absolute atomic E-state index is 12.0. The number of nitrogens with two attached hydrogens (primary N) is 1. The maximum Gasteiger partial charge on any atom is 0.165 e. The van der Waals surface area contributed by atoms with Crippen LogP contribution in [0.25, 0.3) is 0 Å². The van der Waals surface area contributed by atoms with Gasteiger partial charge in [0.1, 0.15) is 0 Å². The van der Waals surface area contributed by atoms with Gasteiger partial charge in [0.15, 0.2) is 5.78 Å². The van der Waals surface area contributed by atoms with Crippen LogP contribution in [-0.4, -0.2) is 11.8 Å². The van der Waals surface area contributed by atoms with Crippen molar-refractivity contribution < 1.29 is 4.79 Å². The molecular weight excluding hydrogens is 174 g/mol. The monoisotopic (exact) mass is 191 g/mol. The molecule has 2 unspecified atom stereocenters. The summed E-state index contributed by atoms with van der Waals surface area (Å²) in [6, 6.07) is 0.0909. The Morgan fingerprint density at radius 3 is 2.79 bits per heavy atom. The van der Waals surface area contributed by atoms with Crippen LogP contribution >= 0.6 is 0 Å². The molecule has 0 aromatic carbocycles. The highest BCUT2D eigenvalue weighted by Gasteiger charge is 2.25. The molecule has 0 spiro atoms. The number of hydrogen-bond donors (Lipinski definition) is 1. The number of hydrogen-bond acceptors (Lipinski definition) is 2. The first-order valence-corrected chi connectivity index (χ1v) is 5.44. The van der Waals surface area contributed by atoms with Gasteiger partial charge in [0, 0.05) is 12.0 Å². The van der Waals surface area contributed by atoms with Gasteiger partial charge >= 0.3 is 0 Å². The number of carbonyl (C=O) groups is 1. The van der Waals surface area contributed by atoms with E-state index in [9.17, 15) is 4.79 Å². The summed E-state index contributed by atoms with van der Waals surface area (Å²) in [4.78, 5) is 12.0. The molecule has 0 aromatic heterocycles. The summed E-state index contributed by atoms with van der Waals surface area (Å²) in [5.74, 6) is 0.378. The van der Waals surface area contributed by atoms with E-state index < -0.39 is 0 Å². The molecule has 0 bridgehead atoms. The lowest BCUT2D eigenvalue weighted by Crippen LogP contribution is -2.20. The molecule has 2 rings (SSSR count). The third-order valence-electron chi connectivity index (χ3n) is 3.06. The van der Waals surface area contributed by atoms with Crippen molar-refractivity contribution in [2.45, 2.75) is 38.1 Å². The van der Waals surface area contributed by atoms with Crippen LogP contribution in [0.1, 0.15) is 32.1 Å². The normalized spacial score (nSPS) is 31.6. The topological polar surface area (TPSA) is 43.1 Å². The highest BCUT2D eigenvalue weighted by molar-refractivity contribution is 5.98. The number of Topliss-reactive ketones (excluding diaryl/α,β-unsaturated/α-hetero) is 1. The molecule has 0 fully saturated rings. The third kappa shape index (κ3) is 1.95. The van der Waals surface area contributed by atoms with Crippen molar-refractivity contribution in [3.8, 4) is 0 Å². The summed E-state index contributed by atoms with van der Waals surface area (Å²) in [5, 5.41) is 0. The molecule has 0 amide bonds. The zero-order valence-corrected chi connectivity index (χ0v) is 8.41. The molecule has 0 aliphatic heterocycles. The molecule has 0 saturated carbocycles. The van der Waals surface area contributed by atoms with Crippen LogP contribution in [0.15, 0.2) is 23.8 Å². The van der Waals surface area contributed by atoms with E-state index in [1.54, 1.807) is 0 Å². The van der Waals surface area contributed by atoms with E-state index in [0.717, 1.165) is 24.8 Å². The van der Waals surface area contributed by atoms with Crippen molar-refractivity contribution in [1.82, 2.24) is 0 Å². The molecule has 2 heteroatoms. The molecule has 2 nitrogen and oxygen atoms in total. The molecule has 0 aromatic rings. The second-order valence-electron chi connectivity index (χ2n) is 4.23. The minimum absolute atomic E-state index is 0.0642.